The molecule has 1 aromatic rings. The Labute approximate surface area is 160 Å². The highest BCUT2D eigenvalue weighted by molar-refractivity contribution is 6.09. The number of imide groups is 1. The average Bonchev–Trinajstić information content (AvgIpc) is 2.84. The molecule has 6 nitrogen and oxygen atoms in total. The molecule has 1 aliphatic heterocycles. The molecule has 0 bridgehead atoms. The first kappa shape index (κ1) is 19.4. The van der Waals surface area contributed by atoms with E-state index < -0.39 is 11.6 Å². The van der Waals surface area contributed by atoms with Gasteiger partial charge in [0, 0.05) is 0 Å². The monoisotopic (exact) mass is 371 g/mol. The zero-order valence-corrected chi connectivity index (χ0v) is 16.0. The maximum atomic E-state index is 12.9. The number of rotatable bonds is 6. The maximum absolute atomic E-state index is 12.9. The van der Waals surface area contributed by atoms with Crippen LogP contribution in [0.3, 0.4) is 0 Å². The van der Waals surface area contributed by atoms with Gasteiger partial charge in [0.25, 0.3) is 5.91 Å². The second-order valence-electron chi connectivity index (χ2n) is 7.64. The molecule has 1 aromatic carbocycles. The summed E-state index contributed by atoms with van der Waals surface area (Å²) in [4.78, 5) is 39.0. The normalized spacial score (nSPS) is 20.3. The van der Waals surface area contributed by atoms with Gasteiger partial charge in [0.2, 0.25) is 5.91 Å². The summed E-state index contributed by atoms with van der Waals surface area (Å²) in [6.07, 6.45) is 7.09. The first-order valence-corrected chi connectivity index (χ1v) is 10.0. The van der Waals surface area contributed by atoms with E-state index in [1.165, 1.54) is 0 Å². The number of hydrogen-bond acceptors (Lipinski definition) is 3. The number of carbonyl (C=O) groups excluding carboxylic acids is 3. The number of nitrogens with zero attached hydrogens (tertiary/aromatic N) is 1. The number of carbonyl (C=O) groups is 3. The SMILES string of the molecule is CCC[C@@H](NC(=O)CN1C(=O)NC2(CCCCCC2)C1=O)c1ccccc1. The Hall–Kier alpha value is -2.37. The molecular weight excluding hydrogens is 342 g/mol. The van der Waals surface area contributed by atoms with Gasteiger partial charge in [-0.05, 0) is 24.8 Å². The minimum absolute atomic E-state index is 0.115. The van der Waals surface area contributed by atoms with Crippen molar-refractivity contribution < 1.29 is 14.4 Å². The largest absolute Gasteiger partial charge is 0.348 e. The lowest BCUT2D eigenvalue weighted by atomic mass is 9.90. The molecule has 2 fully saturated rings. The molecule has 6 heteroatoms. The topological polar surface area (TPSA) is 78.5 Å². The summed E-state index contributed by atoms with van der Waals surface area (Å²) in [5, 5.41) is 5.88. The standard InChI is InChI=1S/C21H29N3O3/c1-2-10-17(16-11-6-5-7-12-16)22-18(25)15-24-19(26)21(23-20(24)27)13-8-3-4-9-14-21/h5-7,11-12,17H,2-4,8-10,13-15H2,1H3,(H,22,25)(H,23,27)/t17-/m1/s1. The van der Waals surface area contributed by atoms with Gasteiger partial charge in [-0.1, -0.05) is 69.4 Å². The second-order valence-corrected chi connectivity index (χ2v) is 7.64. The summed E-state index contributed by atoms with van der Waals surface area (Å²) < 4.78 is 0. The van der Waals surface area contributed by atoms with Crippen LogP contribution in [0.15, 0.2) is 30.3 Å². The zero-order chi connectivity index (χ0) is 19.3. The van der Waals surface area contributed by atoms with E-state index in [1.54, 1.807) is 0 Å². The molecule has 0 radical (unpaired) electrons. The lowest BCUT2D eigenvalue weighted by Gasteiger charge is -2.25. The number of benzene rings is 1. The fourth-order valence-electron chi connectivity index (χ4n) is 4.17. The molecule has 1 aliphatic carbocycles. The summed E-state index contributed by atoms with van der Waals surface area (Å²) in [5.74, 6) is -0.539. The number of amides is 4. The number of urea groups is 1. The molecule has 0 aromatic heterocycles. The lowest BCUT2D eigenvalue weighted by Crippen LogP contribution is -2.47. The van der Waals surface area contributed by atoms with Gasteiger partial charge in [0.15, 0.2) is 0 Å². The van der Waals surface area contributed by atoms with Crippen molar-refractivity contribution in [2.45, 2.75) is 69.9 Å². The zero-order valence-electron chi connectivity index (χ0n) is 16.0. The highest BCUT2D eigenvalue weighted by Crippen LogP contribution is 2.32. The van der Waals surface area contributed by atoms with Gasteiger partial charge < -0.3 is 10.6 Å². The lowest BCUT2D eigenvalue weighted by molar-refractivity contribution is -0.135. The second kappa shape index (κ2) is 8.55. The molecular formula is C21H29N3O3. The van der Waals surface area contributed by atoms with E-state index in [4.69, 9.17) is 0 Å². The Morgan fingerprint density at radius 3 is 2.44 bits per heavy atom. The Bertz CT molecular complexity index is 681. The molecule has 1 heterocycles. The molecule has 1 spiro atoms. The number of hydrogen-bond donors (Lipinski definition) is 2. The molecule has 2 aliphatic rings. The van der Waals surface area contributed by atoms with Crippen LogP contribution >= 0.6 is 0 Å². The van der Waals surface area contributed by atoms with E-state index in [-0.39, 0.29) is 24.4 Å². The van der Waals surface area contributed by atoms with E-state index in [0.29, 0.717) is 12.8 Å². The van der Waals surface area contributed by atoms with Gasteiger partial charge in [-0.25, -0.2) is 4.79 Å². The van der Waals surface area contributed by atoms with E-state index in [9.17, 15) is 14.4 Å². The smallest absolute Gasteiger partial charge is 0.325 e. The van der Waals surface area contributed by atoms with Crippen molar-refractivity contribution in [2.75, 3.05) is 6.54 Å². The van der Waals surface area contributed by atoms with Crippen LogP contribution in [-0.4, -0.2) is 34.8 Å². The molecule has 27 heavy (non-hydrogen) atoms. The van der Waals surface area contributed by atoms with Crippen LogP contribution in [0.25, 0.3) is 0 Å². The van der Waals surface area contributed by atoms with Crippen molar-refractivity contribution in [2.24, 2.45) is 0 Å². The van der Waals surface area contributed by atoms with Crippen molar-refractivity contribution in [3.63, 3.8) is 0 Å². The highest BCUT2D eigenvalue weighted by atomic mass is 16.2. The van der Waals surface area contributed by atoms with E-state index >= 15 is 0 Å². The quantitative estimate of drug-likeness (QED) is 0.753. The van der Waals surface area contributed by atoms with Gasteiger partial charge in [-0.15, -0.1) is 0 Å². The van der Waals surface area contributed by atoms with Crippen molar-refractivity contribution >= 4 is 17.8 Å². The molecule has 2 N–H and O–H groups in total. The predicted octanol–water partition coefficient (Wildman–Crippen LogP) is 3.29. The molecule has 146 valence electrons. The van der Waals surface area contributed by atoms with Gasteiger partial charge in [0.05, 0.1) is 6.04 Å². The van der Waals surface area contributed by atoms with Gasteiger partial charge in [0.1, 0.15) is 12.1 Å². The van der Waals surface area contributed by atoms with Crippen LogP contribution in [0.1, 0.15) is 69.9 Å². The highest BCUT2D eigenvalue weighted by Gasteiger charge is 2.51. The molecule has 1 atom stereocenters. The fraction of sp³-hybridized carbons (Fsp3) is 0.571. The van der Waals surface area contributed by atoms with Crippen LogP contribution in [-0.2, 0) is 9.59 Å². The molecule has 1 saturated heterocycles. The molecule has 4 amide bonds. The van der Waals surface area contributed by atoms with E-state index in [2.05, 4.69) is 17.6 Å². The van der Waals surface area contributed by atoms with Crippen LogP contribution in [0.4, 0.5) is 4.79 Å². The fourth-order valence-corrected chi connectivity index (χ4v) is 4.17. The van der Waals surface area contributed by atoms with Crippen molar-refractivity contribution in [3.8, 4) is 0 Å². The average molecular weight is 371 g/mol. The van der Waals surface area contributed by atoms with Crippen molar-refractivity contribution in [1.82, 2.24) is 15.5 Å². The third kappa shape index (κ3) is 4.31. The van der Waals surface area contributed by atoms with Gasteiger partial charge in [-0.3, -0.25) is 14.5 Å². The first-order chi connectivity index (χ1) is 13.1. The number of nitrogens with one attached hydrogen (secondary N) is 2. The van der Waals surface area contributed by atoms with Gasteiger partial charge >= 0.3 is 6.03 Å². The Kier molecular flexibility index (Phi) is 6.14. The van der Waals surface area contributed by atoms with Crippen LogP contribution in [0.2, 0.25) is 0 Å². The minimum atomic E-state index is -0.796. The predicted molar refractivity (Wildman–Crippen MR) is 103 cm³/mol. The first-order valence-electron chi connectivity index (χ1n) is 10.0. The van der Waals surface area contributed by atoms with Crippen LogP contribution in [0, 0.1) is 0 Å². The summed E-state index contributed by atoms with van der Waals surface area (Å²) in [6.45, 7) is 1.84. The Morgan fingerprint density at radius 2 is 1.81 bits per heavy atom. The van der Waals surface area contributed by atoms with Crippen LogP contribution in [0.5, 0.6) is 0 Å². The summed E-state index contributed by atoms with van der Waals surface area (Å²) in [7, 11) is 0. The Morgan fingerprint density at radius 1 is 1.15 bits per heavy atom. The van der Waals surface area contributed by atoms with E-state index in [1.807, 2.05) is 30.3 Å². The van der Waals surface area contributed by atoms with Crippen molar-refractivity contribution in [1.29, 1.82) is 0 Å². The molecule has 0 unspecified atom stereocenters. The Balaban J connectivity index is 1.66. The van der Waals surface area contributed by atoms with Gasteiger partial charge in [-0.2, -0.15) is 0 Å². The summed E-state index contributed by atoms with van der Waals surface area (Å²) in [6, 6.07) is 9.23. The maximum Gasteiger partial charge on any atom is 0.325 e. The van der Waals surface area contributed by atoms with E-state index in [0.717, 1.165) is 49.0 Å². The van der Waals surface area contributed by atoms with Crippen molar-refractivity contribution in [3.05, 3.63) is 35.9 Å². The minimum Gasteiger partial charge on any atom is -0.348 e. The third-order valence-electron chi connectivity index (χ3n) is 5.62. The summed E-state index contributed by atoms with van der Waals surface area (Å²) >= 11 is 0. The summed E-state index contributed by atoms with van der Waals surface area (Å²) in [5.41, 5.74) is 0.237. The van der Waals surface area contributed by atoms with Crippen LogP contribution < -0.4 is 10.6 Å². The third-order valence-corrected chi connectivity index (χ3v) is 5.62. The molecule has 3 rings (SSSR count). The molecule has 1 saturated carbocycles.